The average Bonchev–Trinajstić information content (AvgIpc) is 3.07. The van der Waals surface area contributed by atoms with E-state index in [1.54, 1.807) is 30.3 Å². The normalized spacial score (nSPS) is 15.5. The second kappa shape index (κ2) is 6.82. The van der Waals surface area contributed by atoms with E-state index in [4.69, 9.17) is 9.26 Å². The Hall–Kier alpha value is -2.83. The summed E-state index contributed by atoms with van der Waals surface area (Å²) in [6.07, 6.45) is 0.656. The zero-order valence-electron chi connectivity index (χ0n) is 14.2. The lowest BCUT2D eigenvalue weighted by Crippen LogP contribution is -2.61. The first-order valence-electron chi connectivity index (χ1n) is 8.48. The molecule has 0 bridgehead atoms. The van der Waals surface area contributed by atoms with E-state index >= 15 is 0 Å². The van der Waals surface area contributed by atoms with Crippen molar-refractivity contribution in [3.8, 4) is 22.8 Å². The quantitative estimate of drug-likeness (QED) is 0.632. The summed E-state index contributed by atoms with van der Waals surface area (Å²) in [6, 6.07) is 16.1. The lowest BCUT2D eigenvalue weighted by atomic mass is 9.90. The van der Waals surface area contributed by atoms with Gasteiger partial charge in [0, 0.05) is 30.2 Å². The lowest BCUT2D eigenvalue weighted by molar-refractivity contribution is -0.0756. The van der Waals surface area contributed by atoms with Crippen LogP contribution in [0.2, 0.25) is 0 Å². The fourth-order valence-electron chi connectivity index (χ4n) is 3.10. The zero-order chi connectivity index (χ0) is 18.0. The minimum absolute atomic E-state index is 0.189. The largest absolute Gasteiger partial charge is 0.508 e. The SMILES string of the molecule is Oc1cccc(-c2cc(CC3(NCc4ccccc4O)COC3)no2)c1. The zero-order valence-corrected chi connectivity index (χ0v) is 14.2. The molecule has 1 fully saturated rings. The van der Waals surface area contributed by atoms with E-state index in [-0.39, 0.29) is 17.0 Å². The maximum absolute atomic E-state index is 9.92. The maximum atomic E-state index is 9.92. The molecular formula is C20H20N2O4. The van der Waals surface area contributed by atoms with Crippen molar-refractivity contribution in [2.45, 2.75) is 18.5 Å². The molecule has 6 nitrogen and oxygen atoms in total. The van der Waals surface area contributed by atoms with Crippen LogP contribution < -0.4 is 5.32 Å². The molecule has 2 aromatic carbocycles. The minimum Gasteiger partial charge on any atom is -0.508 e. The minimum atomic E-state index is -0.227. The van der Waals surface area contributed by atoms with Crippen molar-refractivity contribution in [2.24, 2.45) is 0 Å². The van der Waals surface area contributed by atoms with Gasteiger partial charge in [0.05, 0.1) is 24.4 Å². The van der Waals surface area contributed by atoms with Crippen molar-refractivity contribution in [2.75, 3.05) is 13.2 Å². The smallest absolute Gasteiger partial charge is 0.167 e. The predicted octanol–water partition coefficient (Wildman–Crippen LogP) is 2.85. The molecule has 0 spiro atoms. The van der Waals surface area contributed by atoms with Gasteiger partial charge >= 0.3 is 0 Å². The van der Waals surface area contributed by atoms with Crippen LogP contribution in [-0.2, 0) is 17.7 Å². The lowest BCUT2D eigenvalue weighted by Gasteiger charge is -2.42. The van der Waals surface area contributed by atoms with Crippen LogP contribution in [0, 0.1) is 0 Å². The van der Waals surface area contributed by atoms with E-state index in [1.165, 1.54) is 0 Å². The van der Waals surface area contributed by atoms with E-state index in [0.717, 1.165) is 16.8 Å². The first kappa shape index (κ1) is 16.6. The number of hydrogen-bond acceptors (Lipinski definition) is 6. The van der Waals surface area contributed by atoms with Gasteiger partial charge in [0.2, 0.25) is 0 Å². The summed E-state index contributed by atoms with van der Waals surface area (Å²) in [7, 11) is 0. The highest BCUT2D eigenvalue weighted by Crippen LogP contribution is 2.28. The number of phenols is 2. The Labute approximate surface area is 151 Å². The van der Waals surface area contributed by atoms with Gasteiger partial charge in [-0.25, -0.2) is 0 Å². The van der Waals surface area contributed by atoms with Gasteiger partial charge in [-0.15, -0.1) is 0 Å². The van der Waals surface area contributed by atoms with E-state index in [9.17, 15) is 10.2 Å². The molecule has 3 aromatic rings. The van der Waals surface area contributed by atoms with Gasteiger partial charge in [-0.2, -0.15) is 0 Å². The summed E-state index contributed by atoms with van der Waals surface area (Å²) in [5.41, 5.74) is 2.22. The highest BCUT2D eigenvalue weighted by atomic mass is 16.5. The van der Waals surface area contributed by atoms with Crippen molar-refractivity contribution >= 4 is 0 Å². The van der Waals surface area contributed by atoms with E-state index in [0.29, 0.717) is 31.9 Å². The van der Waals surface area contributed by atoms with Gasteiger partial charge in [0.15, 0.2) is 5.76 Å². The Morgan fingerprint density at radius 3 is 2.62 bits per heavy atom. The third-order valence-electron chi connectivity index (χ3n) is 4.61. The molecule has 26 heavy (non-hydrogen) atoms. The van der Waals surface area contributed by atoms with E-state index < -0.39 is 0 Å². The molecule has 0 aliphatic carbocycles. The summed E-state index contributed by atoms with van der Waals surface area (Å²) >= 11 is 0. The number of aromatic hydroxyl groups is 2. The molecule has 1 aromatic heterocycles. The number of rotatable bonds is 6. The van der Waals surface area contributed by atoms with Crippen LogP contribution >= 0.6 is 0 Å². The van der Waals surface area contributed by atoms with Crippen LogP contribution in [0.3, 0.4) is 0 Å². The van der Waals surface area contributed by atoms with Gasteiger partial charge in [0.25, 0.3) is 0 Å². The highest BCUT2D eigenvalue weighted by molar-refractivity contribution is 5.59. The fraction of sp³-hybridized carbons (Fsp3) is 0.250. The molecule has 2 heterocycles. The van der Waals surface area contributed by atoms with Crippen molar-refractivity contribution in [3.05, 3.63) is 65.9 Å². The molecule has 1 aliphatic heterocycles. The Morgan fingerprint density at radius 1 is 1.04 bits per heavy atom. The average molecular weight is 352 g/mol. The Bertz CT molecular complexity index is 902. The summed E-state index contributed by atoms with van der Waals surface area (Å²) < 4.78 is 10.9. The summed E-state index contributed by atoms with van der Waals surface area (Å²) in [5, 5.41) is 27.2. The molecule has 0 amide bonds. The fourth-order valence-corrected chi connectivity index (χ4v) is 3.10. The highest BCUT2D eigenvalue weighted by Gasteiger charge is 2.39. The van der Waals surface area contributed by atoms with Crippen LogP contribution in [0.5, 0.6) is 11.5 Å². The third-order valence-corrected chi connectivity index (χ3v) is 4.61. The van der Waals surface area contributed by atoms with Crippen molar-refractivity contribution in [1.82, 2.24) is 10.5 Å². The molecule has 6 heteroatoms. The molecule has 0 saturated carbocycles. The standard InChI is InChI=1S/C20H20N2O4/c23-17-6-3-5-14(8-17)19-9-16(22-26-19)10-20(12-25-13-20)21-11-15-4-1-2-7-18(15)24/h1-9,21,23-24H,10-13H2. The van der Waals surface area contributed by atoms with Crippen LogP contribution in [-0.4, -0.2) is 34.1 Å². The maximum Gasteiger partial charge on any atom is 0.167 e. The molecule has 3 N–H and O–H groups in total. The second-order valence-corrected chi connectivity index (χ2v) is 6.67. The second-order valence-electron chi connectivity index (χ2n) is 6.67. The third kappa shape index (κ3) is 3.42. The number of nitrogens with one attached hydrogen (secondary N) is 1. The molecule has 4 rings (SSSR count). The van der Waals surface area contributed by atoms with Gasteiger partial charge in [-0.05, 0) is 18.2 Å². The molecule has 0 radical (unpaired) electrons. The van der Waals surface area contributed by atoms with Gasteiger partial charge in [0.1, 0.15) is 11.5 Å². The number of benzene rings is 2. The molecule has 134 valence electrons. The van der Waals surface area contributed by atoms with E-state index in [1.807, 2.05) is 24.3 Å². The number of para-hydroxylation sites is 1. The van der Waals surface area contributed by atoms with Crippen molar-refractivity contribution in [1.29, 1.82) is 0 Å². The first-order chi connectivity index (χ1) is 12.6. The van der Waals surface area contributed by atoms with E-state index in [2.05, 4.69) is 10.5 Å². The van der Waals surface area contributed by atoms with Crippen LogP contribution in [0.4, 0.5) is 0 Å². The summed E-state index contributed by atoms with van der Waals surface area (Å²) in [5.74, 6) is 1.09. The topological polar surface area (TPSA) is 87.8 Å². The summed E-state index contributed by atoms with van der Waals surface area (Å²) in [4.78, 5) is 0. The first-order valence-corrected chi connectivity index (χ1v) is 8.48. The molecular weight excluding hydrogens is 332 g/mol. The monoisotopic (exact) mass is 352 g/mol. The van der Waals surface area contributed by atoms with Crippen LogP contribution in [0.1, 0.15) is 11.3 Å². The Kier molecular flexibility index (Phi) is 4.36. The number of hydrogen-bond donors (Lipinski definition) is 3. The molecule has 0 unspecified atom stereocenters. The van der Waals surface area contributed by atoms with Gasteiger partial charge in [-0.3, -0.25) is 0 Å². The number of ether oxygens (including phenoxy) is 1. The van der Waals surface area contributed by atoms with Gasteiger partial charge in [-0.1, -0.05) is 35.5 Å². The van der Waals surface area contributed by atoms with Crippen LogP contribution in [0.25, 0.3) is 11.3 Å². The number of phenolic OH excluding ortho intramolecular Hbond substituents is 2. The molecule has 1 saturated heterocycles. The Balaban J connectivity index is 1.46. The number of nitrogens with zero attached hydrogens (tertiary/aromatic N) is 1. The van der Waals surface area contributed by atoms with Gasteiger partial charge < -0.3 is 24.8 Å². The predicted molar refractivity (Wildman–Crippen MR) is 95.8 cm³/mol. The van der Waals surface area contributed by atoms with Crippen molar-refractivity contribution in [3.63, 3.8) is 0 Å². The van der Waals surface area contributed by atoms with Crippen molar-refractivity contribution < 1.29 is 19.5 Å². The molecule has 1 aliphatic rings. The van der Waals surface area contributed by atoms with Crippen LogP contribution in [0.15, 0.2) is 59.1 Å². The Morgan fingerprint density at radius 2 is 1.88 bits per heavy atom. The number of aromatic nitrogens is 1. The molecule has 0 atom stereocenters. The summed E-state index contributed by atoms with van der Waals surface area (Å²) in [6.45, 7) is 1.71.